The molecule has 3 heteroatoms. The Morgan fingerprint density at radius 2 is 2.07 bits per heavy atom. The monoisotopic (exact) mass is 194 g/mol. The number of carboxylic acid groups (broad SMARTS) is 1. The number of phenols is 1. The number of phenolic OH excluding ortho intramolecular Hbond substituents is 1. The number of carbonyl (C=O) groups is 1. The third-order valence-electron chi connectivity index (χ3n) is 1.98. The van der Waals surface area contributed by atoms with Crippen molar-refractivity contribution < 1.29 is 15.0 Å². The van der Waals surface area contributed by atoms with E-state index >= 15 is 0 Å². The van der Waals surface area contributed by atoms with Gasteiger partial charge in [0, 0.05) is 6.42 Å². The van der Waals surface area contributed by atoms with Crippen molar-refractivity contribution in [1.82, 2.24) is 0 Å². The van der Waals surface area contributed by atoms with E-state index in [1.165, 1.54) is 0 Å². The maximum absolute atomic E-state index is 10.3. The summed E-state index contributed by atoms with van der Waals surface area (Å²) in [5.41, 5.74) is 1.99. The van der Waals surface area contributed by atoms with Gasteiger partial charge in [0.05, 0.1) is 0 Å². The van der Waals surface area contributed by atoms with E-state index in [9.17, 15) is 9.90 Å². The van der Waals surface area contributed by atoms with Gasteiger partial charge in [-0.2, -0.15) is 0 Å². The summed E-state index contributed by atoms with van der Waals surface area (Å²) in [4.78, 5) is 10.3. The molecule has 1 aromatic rings. The molecule has 0 fully saturated rings. The van der Waals surface area contributed by atoms with Crippen LogP contribution in [0.5, 0.6) is 5.75 Å². The average molecular weight is 194 g/mol. The van der Waals surface area contributed by atoms with Gasteiger partial charge in [-0.3, -0.25) is 4.79 Å². The van der Waals surface area contributed by atoms with E-state index in [-0.39, 0.29) is 12.2 Å². The summed E-state index contributed by atoms with van der Waals surface area (Å²) in [5.74, 6) is -0.530. The van der Waals surface area contributed by atoms with E-state index in [4.69, 9.17) is 5.11 Å². The molecule has 0 unspecified atom stereocenters. The third kappa shape index (κ3) is 3.47. The lowest BCUT2D eigenvalue weighted by atomic mass is 10.1. The molecule has 0 aliphatic rings. The third-order valence-corrected chi connectivity index (χ3v) is 1.98. The summed E-state index contributed by atoms with van der Waals surface area (Å²) in [6, 6.07) is 5.32. The van der Waals surface area contributed by atoms with E-state index in [0.29, 0.717) is 12.8 Å². The van der Waals surface area contributed by atoms with Crippen molar-refractivity contribution in [2.75, 3.05) is 0 Å². The van der Waals surface area contributed by atoms with Gasteiger partial charge in [0.15, 0.2) is 0 Å². The second-order valence-corrected chi connectivity index (χ2v) is 3.42. The maximum atomic E-state index is 10.3. The topological polar surface area (TPSA) is 57.5 Å². The van der Waals surface area contributed by atoms with Crippen LogP contribution in [0.25, 0.3) is 0 Å². The lowest BCUT2D eigenvalue weighted by Crippen LogP contribution is -1.96. The SMILES string of the molecule is Cc1cc(O)cc(CCCC(=O)O)c1. The van der Waals surface area contributed by atoms with Gasteiger partial charge in [-0.1, -0.05) is 6.07 Å². The van der Waals surface area contributed by atoms with Crippen molar-refractivity contribution in [2.45, 2.75) is 26.2 Å². The molecular weight excluding hydrogens is 180 g/mol. The molecule has 0 aliphatic carbocycles. The summed E-state index contributed by atoms with van der Waals surface area (Å²) in [6.45, 7) is 1.90. The molecule has 2 N–H and O–H groups in total. The normalized spacial score (nSPS) is 10.1. The first-order valence-corrected chi connectivity index (χ1v) is 4.59. The first-order valence-electron chi connectivity index (χ1n) is 4.59. The molecule has 14 heavy (non-hydrogen) atoms. The van der Waals surface area contributed by atoms with Crippen molar-refractivity contribution in [3.8, 4) is 5.75 Å². The Balaban J connectivity index is 2.54. The van der Waals surface area contributed by atoms with Crippen LogP contribution in [-0.4, -0.2) is 16.2 Å². The molecule has 0 aliphatic heterocycles. The van der Waals surface area contributed by atoms with Crippen LogP contribution >= 0.6 is 0 Å². The standard InChI is InChI=1S/C11H14O3/c1-8-5-9(7-10(12)6-8)3-2-4-11(13)14/h5-7,12H,2-4H2,1H3,(H,13,14). The highest BCUT2D eigenvalue weighted by molar-refractivity contribution is 5.66. The number of aliphatic carboxylic acids is 1. The Labute approximate surface area is 83.0 Å². The number of aromatic hydroxyl groups is 1. The molecule has 0 spiro atoms. The molecule has 1 aromatic carbocycles. The molecule has 0 bridgehead atoms. The van der Waals surface area contributed by atoms with Crippen LogP contribution in [0, 0.1) is 6.92 Å². The summed E-state index contributed by atoms with van der Waals surface area (Å²) < 4.78 is 0. The minimum atomic E-state index is -0.776. The van der Waals surface area contributed by atoms with Gasteiger partial charge >= 0.3 is 5.97 Å². The molecule has 0 aromatic heterocycles. The minimum Gasteiger partial charge on any atom is -0.508 e. The van der Waals surface area contributed by atoms with Gasteiger partial charge in [0.1, 0.15) is 5.75 Å². The molecule has 1 rings (SSSR count). The number of hydrogen-bond acceptors (Lipinski definition) is 2. The highest BCUT2D eigenvalue weighted by atomic mass is 16.4. The summed E-state index contributed by atoms with van der Waals surface area (Å²) >= 11 is 0. The van der Waals surface area contributed by atoms with Crippen molar-refractivity contribution in [1.29, 1.82) is 0 Å². The first-order chi connectivity index (χ1) is 6.58. The Hall–Kier alpha value is -1.51. The predicted octanol–water partition coefficient (Wildman–Crippen LogP) is 2.11. The zero-order valence-electron chi connectivity index (χ0n) is 8.16. The highest BCUT2D eigenvalue weighted by Gasteiger charge is 2.00. The smallest absolute Gasteiger partial charge is 0.303 e. The molecule has 0 saturated heterocycles. The van der Waals surface area contributed by atoms with Gasteiger partial charge < -0.3 is 10.2 Å². The van der Waals surface area contributed by atoms with Gasteiger partial charge in [0.2, 0.25) is 0 Å². The molecular formula is C11H14O3. The Kier molecular flexibility index (Phi) is 3.51. The van der Waals surface area contributed by atoms with E-state index < -0.39 is 5.97 Å². The van der Waals surface area contributed by atoms with E-state index in [1.807, 2.05) is 13.0 Å². The number of rotatable bonds is 4. The van der Waals surface area contributed by atoms with Crippen LogP contribution in [0.15, 0.2) is 18.2 Å². The van der Waals surface area contributed by atoms with Gasteiger partial charge in [-0.15, -0.1) is 0 Å². The number of carboxylic acids is 1. The van der Waals surface area contributed by atoms with Crippen molar-refractivity contribution in [3.63, 3.8) is 0 Å². The lowest BCUT2D eigenvalue weighted by molar-refractivity contribution is -0.137. The van der Waals surface area contributed by atoms with Crippen LogP contribution in [0.2, 0.25) is 0 Å². The number of aryl methyl sites for hydroxylation is 2. The maximum Gasteiger partial charge on any atom is 0.303 e. The van der Waals surface area contributed by atoms with E-state index in [0.717, 1.165) is 11.1 Å². The quantitative estimate of drug-likeness (QED) is 0.771. The Morgan fingerprint density at radius 3 is 2.64 bits per heavy atom. The second kappa shape index (κ2) is 4.65. The van der Waals surface area contributed by atoms with Gasteiger partial charge in [-0.25, -0.2) is 0 Å². The van der Waals surface area contributed by atoms with Crippen LogP contribution in [0.1, 0.15) is 24.0 Å². The lowest BCUT2D eigenvalue weighted by Gasteiger charge is -2.02. The molecule has 0 heterocycles. The number of benzene rings is 1. The Morgan fingerprint density at radius 1 is 1.36 bits per heavy atom. The fraction of sp³-hybridized carbons (Fsp3) is 0.364. The Bertz CT molecular complexity index is 311. The van der Waals surface area contributed by atoms with Crippen molar-refractivity contribution in [3.05, 3.63) is 29.3 Å². The van der Waals surface area contributed by atoms with Crippen molar-refractivity contribution in [2.24, 2.45) is 0 Å². The molecule has 76 valence electrons. The second-order valence-electron chi connectivity index (χ2n) is 3.42. The summed E-state index contributed by atoms with van der Waals surface area (Å²) in [5, 5.41) is 17.7. The van der Waals surface area contributed by atoms with Crippen LogP contribution in [-0.2, 0) is 11.2 Å². The summed E-state index contributed by atoms with van der Waals surface area (Å²) in [6.07, 6.45) is 1.48. The molecule has 0 amide bonds. The summed E-state index contributed by atoms with van der Waals surface area (Å²) in [7, 11) is 0. The van der Waals surface area contributed by atoms with Crippen LogP contribution in [0.4, 0.5) is 0 Å². The van der Waals surface area contributed by atoms with Gasteiger partial charge in [-0.05, 0) is 43.0 Å². The molecule has 3 nitrogen and oxygen atoms in total. The fourth-order valence-corrected chi connectivity index (χ4v) is 1.43. The number of hydrogen-bond donors (Lipinski definition) is 2. The largest absolute Gasteiger partial charge is 0.508 e. The minimum absolute atomic E-state index is 0.175. The predicted molar refractivity (Wildman–Crippen MR) is 53.4 cm³/mol. The molecule has 0 saturated carbocycles. The van der Waals surface area contributed by atoms with E-state index in [2.05, 4.69) is 0 Å². The molecule has 0 radical (unpaired) electrons. The van der Waals surface area contributed by atoms with Crippen molar-refractivity contribution >= 4 is 5.97 Å². The van der Waals surface area contributed by atoms with Crippen LogP contribution in [0.3, 0.4) is 0 Å². The van der Waals surface area contributed by atoms with Crippen LogP contribution < -0.4 is 0 Å². The van der Waals surface area contributed by atoms with E-state index in [1.54, 1.807) is 12.1 Å². The highest BCUT2D eigenvalue weighted by Crippen LogP contribution is 2.16. The average Bonchev–Trinajstić information content (AvgIpc) is 2.01. The van der Waals surface area contributed by atoms with Gasteiger partial charge in [0.25, 0.3) is 0 Å². The fourth-order valence-electron chi connectivity index (χ4n) is 1.43. The first kappa shape index (κ1) is 10.6. The zero-order valence-corrected chi connectivity index (χ0v) is 8.16. The zero-order chi connectivity index (χ0) is 10.6. The molecule has 0 atom stereocenters.